The second kappa shape index (κ2) is 37.1. The highest BCUT2D eigenvalue weighted by atomic mass is 79.9. The minimum absolute atomic E-state index is 0.0417. The number of ether oxygens (including phenoxy) is 6. The van der Waals surface area contributed by atoms with Crippen molar-refractivity contribution in [3.8, 4) is 11.5 Å². The zero-order chi connectivity index (χ0) is 56.7. The van der Waals surface area contributed by atoms with Crippen LogP contribution in [0, 0.1) is 0 Å². The van der Waals surface area contributed by atoms with Gasteiger partial charge in [0.05, 0.1) is 6.42 Å². The predicted octanol–water partition coefficient (Wildman–Crippen LogP) is 17.4. The molecule has 1 aliphatic heterocycles. The summed E-state index contributed by atoms with van der Waals surface area (Å²) >= 11 is 39.3. The van der Waals surface area contributed by atoms with E-state index in [0.29, 0.717) is 19.3 Å². The van der Waals surface area contributed by atoms with Gasteiger partial charge in [-0.05, 0) is 57.4 Å². The molecule has 2 aromatic rings. The molecule has 1 amide bonds. The van der Waals surface area contributed by atoms with E-state index >= 15 is 4.57 Å². The molecular formula is C54H79BrCl6NO14P. The maximum atomic E-state index is 15.2. The summed E-state index contributed by atoms with van der Waals surface area (Å²) in [5.41, 5.74) is -1.71. The van der Waals surface area contributed by atoms with Crippen LogP contribution in [0.25, 0.3) is 0 Å². The molecule has 2 aromatic carbocycles. The molecule has 438 valence electrons. The Morgan fingerprint density at radius 1 is 0.662 bits per heavy atom. The summed E-state index contributed by atoms with van der Waals surface area (Å²) in [5, 5.41) is 1.24. The van der Waals surface area contributed by atoms with Crippen molar-refractivity contribution < 1.29 is 65.7 Å². The van der Waals surface area contributed by atoms with Gasteiger partial charge in [0, 0.05) is 6.42 Å². The monoisotopic (exact) mass is 1290 g/mol. The van der Waals surface area contributed by atoms with Crippen LogP contribution < -0.4 is 14.4 Å². The summed E-state index contributed by atoms with van der Waals surface area (Å²) in [7, 11) is -4.95. The van der Waals surface area contributed by atoms with Gasteiger partial charge in [-0.3, -0.25) is 14.1 Å². The smallest absolute Gasteiger partial charge is 0.462 e. The van der Waals surface area contributed by atoms with Crippen molar-refractivity contribution in [3.05, 3.63) is 60.7 Å². The lowest BCUT2D eigenvalue weighted by atomic mass is 9.97. The number of phosphoric ester groups is 1. The summed E-state index contributed by atoms with van der Waals surface area (Å²) in [4.78, 5) is 54.7. The van der Waals surface area contributed by atoms with Gasteiger partial charge in [-0.2, -0.15) is 0 Å². The molecule has 0 radical (unpaired) electrons. The number of carbonyl (C=O) groups is 4. The number of hydrogen-bond donors (Lipinski definition) is 1. The summed E-state index contributed by atoms with van der Waals surface area (Å²) < 4.78 is 63.8. The molecule has 0 unspecified atom stereocenters. The number of amides is 1. The number of unbranched alkanes of at least 4 members (excludes halogenated alkanes) is 18. The van der Waals surface area contributed by atoms with E-state index in [9.17, 15) is 19.2 Å². The highest BCUT2D eigenvalue weighted by Crippen LogP contribution is 2.53. The molecule has 1 N–H and O–H groups in total. The fourth-order valence-corrected chi connectivity index (χ4v) is 10.5. The number of benzene rings is 2. The van der Waals surface area contributed by atoms with Crippen molar-refractivity contribution in [2.45, 2.75) is 224 Å². The molecule has 0 saturated carbocycles. The average Bonchev–Trinajstić information content (AvgIpc) is 3.35. The van der Waals surface area contributed by atoms with Gasteiger partial charge in [0.1, 0.15) is 54.1 Å². The largest absolute Gasteiger partial charge is 0.588 e. The summed E-state index contributed by atoms with van der Waals surface area (Å²) in [6.45, 7) is 5.61. The second-order valence-corrected chi connectivity index (χ2v) is 26.7. The lowest BCUT2D eigenvalue weighted by molar-refractivity contribution is -0.194. The molecule has 1 heterocycles. The lowest BCUT2D eigenvalue weighted by Gasteiger charge is -2.44. The Morgan fingerprint density at radius 3 is 1.62 bits per heavy atom. The number of nitrogens with one attached hydrogen (secondary N) is 1. The molecule has 3 rings (SSSR count). The fourth-order valence-electron chi connectivity index (χ4n) is 8.10. The highest BCUT2D eigenvalue weighted by Gasteiger charge is 2.54. The average molecular weight is 1290 g/mol. The number of alkyl halides is 7. The Balaban J connectivity index is 1.99. The first-order valence-electron chi connectivity index (χ1n) is 26.9. The SMILES string of the molecule is CCCCCCCCCCCCCC(=O)O[C@H](CCCCCCCCCCC)CC(=O)O[C@@H]1[C@@H](NC(=O)OCC(Cl)(Cl)Cl)[C@H](Br)O[C@H](COC(=O)OC(C)(C)C(Cl)(Cl)Cl)[C@H]1OP(=O)(Oc1ccccc1)Oc1ccccc1. The first kappa shape index (κ1) is 69.2. The first-order valence-corrected chi connectivity index (χ1v) is 31.6. The maximum absolute atomic E-state index is 15.2. The number of carbonyl (C=O) groups excluding carboxylic acids is 4. The van der Waals surface area contributed by atoms with Crippen LogP contribution in [0.3, 0.4) is 0 Å². The van der Waals surface area contributed by atoms with E-state index < -0.39 is 100 Å². The van der Waals surface area contributed by atoms with Gasteiger partial charge >= 0.3 is 32.0 Å². The van der Waals surface area contributed by atoms with E-state index in [1.165, 1.54) is 102 Å². The van der Waals surface area contributed by atoms with E-state index in [1.54, 1.807) is 36.4 Å². The Bertz CT molecular complexity index is 1990. The minimum atomic E-state index is -4.95. The van der Waals surface area contributed by atoms with Gasteiger partial charge in [0.2, 0.25) is 7.59 Å². The number of para-hydroxylation sites is 2. The third kappa shape index (κ3) is 29.4. The van der Waals surface area contributed by atoms with Gasteiger partial charge < -0.3 is 42.8 Å². The molecule has 1 aliphatic rings. The Morgan fingerprint density at radius 2 is 1.14 bits per heavy atom. The van der Waals surface area contributed by atoms with E-state index in [4.69, 9.17) is 112 Å². The fraction of sp³-hybridized carbons (Fsp3) is 0.704. The summed E-state index contributed by atoms with van der Waals surface area (Å²) in [6.07, 6.45) is 13.3. The zero-order valence-corrected chi connectivity index (χ0v) is 51.7. The van der Waals surface area contributed by atoms with Gasteiger partial charge in [-0.15, -0.1) is 0 Å². The third-order valence-electron chi connectivity index (χ3n) is 12.4. The quantitative estimate of drug-likeness (QED) is 0.0222. The maximum Gasteiger partial charge on any atom is 0.588 e. The number of halogens is 7. The van der Waals surface area contributed by atoms with Gasteiger partial charge in [-0.1, -0.05) is 251 Å². The van der Waals surface area contributed by atoms with Crippen molar-refractivity contribution in [1.29, 1.82) is 0 Å². The molecule has 77 heavy (non-hydrogen) atoms. The molecule has 23 heteroatoms. The van der Waals surface area contributed by atoms with Gasteiger partial charge in [0.25, 0.3) is 0 Å². The van der Waals surface area contributed by atoms with Crippen LogP contribution in [0.2, 0.25) is 0 Å². The van der Waals surface area contributed by atoms with E-state index in [0.717, 1.165) is 51.4 Å². The number of alkyl carbamates (subject to hydrolysis) is 1. The topological polar surface area (TPSA) is 180 Å². The van der Waals surface area contributed by atoms with Crippen LogP contribution in [-0.4, -0.2) is 86.1 Å². The molecule has 0 bridgehead atoms. The van der Waals surface area contributed by atoms with E-state index in [-0.39, 0.29) is 17.9 Å². The van der Waals surface area contributed by atoms with Crippen LogP contribution in [0.5, 0.6) is 11.5 Å². The van der Waals surface area contributed by atoms with Crippen LogP contribution in [0.15, 0.2) is 60.7 Å². The van der Waals surface area contributed by atoms with Crippen molar-refractivity contribution in [2.75, 3.05) is 13.2 Å². The molecule has 0 spiro atoms. The van der Waals surface area contributed by atoms with Gasteiger partial charge in [0.15, 0.2) is 11.7 Å². The molecule has 0 aromatic heterocycles. The predicted molar refractivity (Wildman–Crippen MR) is 307 cm³/mol. The Hall–Kier alpha value is -2.11. The normalized spacial score (nSPS) is 18.4. The van der Waals surface area contributed by atoms with E-state index in [2.05, 4.69) is 35.1 Å². The minimum Gasteiger partial charge on any atom is -0.462 e. The van der Waals surface area contributed by atoms with Crippen LogP contribution >= 0.6 is 93.4 Å². The first-order chi connectivity index (χ1) is 36.5. The standard InChI is InChI=1S/C54H79BrCl6NO14P/c1-5-7-9-11-13-15-16-18-20-22-30-36-44(63)70-42(35-25-21-19-17-14-12-10-8-6-2)37-45(64)72-48-46(62-50(65)69-39-53(56,57)58)49(55)71-43(38-68-51(66)73-52(3,4)54(59,60)61)47(48)76-77(67,74-40-31-26-23-27-32-40)75-41-33-28-24-29-34-41/h23-24,26-29,31-34,42-43,46-49H,5-22,25,30,35-39H2,1-4H3,(H,62,65)/t42-,43-,46-,47-,48-,49-/m1/s1. The number of rotatable bonds is 37. The molecule has 15 nitrogen and oxygen atoms in total. The lowest BCUT2D eigenvalue weighted by Crippen LogP contribution is -2.64. The zero-order valence-electron chi connectivity index (χ0n) is 44.7. The van der Waals surface area contributed by atoms with Crippen molar-refractivity contribution in [3.63, 3.8) is 0 Å². The van der Waals surface area contributed by atoms with Gasteiger partial charge in [-0.25, -0.2) is 14.2 Å². The molecule has 1 fully saturated rings. The van der Waals surface area contributed by atoms with Crippen molar-refractivity contribution in [2.24, 2.45) is 0 Å². The Labute approximate surface area is 494 Å². The number of esters is 2. The molecule has 0 aliphatic carbocycles. The van der Waals surface area contributed by atoms with Crippen molar-refractivity contribution >= 4 is 118 Å². The molecule has 1 saturated heterocycles. The second-order valence-electron chi connectivity index (χ2n) is 19.6. The molecular weight excluding hydrogens is 1210 g/mol. The van der Waals surface area contributed by atoms with E-state index in [1.807, 2.05) is 0 Å². The third-order valence-corrected chi connectivity index (χ3v) is 16.3. The van der Waals surface area contributed by atoms with Crippen LogP contribution in [0.4, 0.5) is 9.59 Å². The van der Waals surface area contributed by atoms with Crippen LogP contribution in [0.1, 0.15) is 175 Å². The van der Waals surface area contributed by atoms with Crippen LogP contribution in [-0.2, 0) is 47.1 Å². The Kier molecular flexibility index (Phi) is 33.3. The van der Waals surface area contributed by atoms with Crippen molar-refractivity contribution in [1.82, 2.24) is 5.32 Å². The highest BCUT2D eigenvalue weighted by molar-refractivity contribution is 9.09. The molecule has 6 atom stereocenters. The summed E-state index contributed by atoms with van der Waals surface area (Å²) in [6, 6.07) is 14.4. The number of hydrogen-bond acceptors (Lipinski definition) is 14. The number of phosphoric acid groups is 1. The summed E-state index contributed by atoms with van der Waals surface area (Å²) in [5.74, 6) is -1.28.